The molecule has 0 radical (unpaired) electrons. The van der Waals surface area contributed by atoms with Gasteiger partial charge in [-0.05, 0) is 47.3 Å². The normalized spacial score (nSPS) is 19.6. The summed E-state index contributed by atoms with van der Waals surface area (Å²) in [5.74, 6) is -5.34. The SMILES string of the molecule is CCCCCCC(SSC(CCCCCC)(C(=O)O)N1C(=O)CCC1=O)(C(=O)O)N1C(=O)CCC1=O. The molecule has 2 rings (SSSR count). The summed E-state index contributed by atoms with van der Waals surface area (Å²) in [6.45, 7) is 3.98. The number of hydrogen-bond donors (Lipinski definition) is 2. The maximum atomic E-state index is 12.7. The Morgan fingerprint density at radius 2 is 0.944 bits per heavy atom. The van der Waals surface area contributed by atoms with Crippen LogP contribution < -0.4 is 0 Å². The van der Waals surface area contributed by atoms with Crippen molar-refractivity contribution < 1.29 is 39.0 Å². The Hall–Kier alpha value is -2.08. The number of likely N-dealkylation sites (tertiary alicyclic amines) is 2. The van der Waals surface area contributed by atoms with Crippen LogP contribution in [0.15, 0.2) is 0 Å². The number of hydrogen-bond acceptors (Lipinski definition) is 8. The Morgan fingerprint density at radius 3 is 1.19 bits per heavy atom. The van der Waals surface area contributed by atoms with Crippen molar-refractivity contribution in [1.29, 1.82) is 0 Å². The first-order valence-corrected chi connectivity index (χ1v) is 14.8. The number of aliphatic carboxylic acids is 2. The predicted octanol–water partition coefficient (Wildman–Crippen LogP) is 4.17. The third kappa shape index (κ3) is 6.42. The topological polar surface area (TPSA) is 149 Å². The number of carboxylic acids is 2. The van der Waals surface area contributed by atoms with Crippen molar-refractivity contribution in [1.82, 2.24) is 9.80 Å². The summed E-state index contributed by atoms with van der Waals surface area (Å²) < 4.78 is 0. The van der Waals surface area contributed by atoms with Crippen LogP contribution in [0.25, 0.3) is 0 Å². The van der Waals surface area contributed by atoms with Gasteiger partial charge in [-0.3, -0.25) is 29.0 Å². The van der Waals surface area contributed by atoms with Crippen molar-refractivity contribution in [2.24, 2.45) is 0 Å². The van der Waals surface area contributed by atoms with E-state index >= 15 is 0 Å². The lowest BCUT2D eigenvalue weighted by molar-refractivity contribution is -0.157. The van der Waals surface area contributed by atoms with Crippen molar-refractivity contribution in [3.8, 4) is 0 Å². The lowest BCUT2D eigenvalue weighted by atomic mass is 10.1. The van der Waals surface area contributed by atoms with E-state index in [1.807, 2.05) is 13.8 Å². The Bertz CT molecular complexity index is 780. The van der Waals surface area contributed by atoms with Crippen LogP contribution in [0.2, 0.25) is 0 Å². The molecule has 2 aliphatic rings. The van der Waals surface area contributed by atoms with E-state index in [1.54, 1.807) is 0 Å². The Balaban J connectivity index is 2.49. The Labute approximate surface area is 219 Å². The van der Waals surface area contributed by atoms with Gasteiger partial charge in [-0.15, -0.1) is 0 Å². The smallest absolute Gasteiger partial charge is 0.341 e. The molecule has 2 aliphatic heterocycles. The average molecular weight is 545 g/mol. The van der Waals surface area contributed by atoms with E-state index in [0.29, 0.717) is 47.3 Å². The van der Waals surface area contributed by atoms with E-state index in [0.717, 1.165) is 35.5 Å². The summed E-state index contributed by atoms with van der Waals surface area (Å²) in [4.78, 5) is 73.6. The minimum atomic E-state index is -2.04. The van der Waals surface area contributed by atoms with E-state index in [4.69, 9.17) is 0 Å². The van der Waals surface area contributed by atoms with Crippen LogP contribution in [-0.2, 0) is 28.8 Å². The Morgan fingerprint density at radius 1 is 0.639 bits per heavy atom. The molecule has 2 unspecified atom stereocenters. The van der Waals surface area contributed by atoms with E-state index < -0.39 is 45.3 Å². The first kappa shape index (κ1) is 30.1. The minimum absolute atomic E-state index is 0.0646. The van der Waals surface area contributed by atoms with Crippen LogP contribution in [0.4, 0.5) is 0 Å². The summed E-state index contributed by atoms with van der Waals surface area (Å²) >= 11 is 0. The number of rotatable bonds is 17. The van der Waals surface area contributed by atoms with Gasteiger partial charge in [-0.25, -0.2) is 9.59 Å². The maximum Gasteiger partial charge on any atom is 0.341 e. The third-order valence-corrected chi connectivity index (χ3v) is 10.2. The number of nitrogens with zero attached hydrogens (tertiary/aromatic N) is 2. The highest BCUT2D eigenvalue weighted by atomic mass is 33.1. The summed E-state index contributed by atoms with van der Waals surface area (Å²) in [7, 11) is 1.21. The van der Waals surface area contributed by atoms with Gasteiger partial charge in [0.2, 0.25) is 33.4 Å². The lowest BCUT2D eigenvalue weighted by Gasteiger charge is -2.41. The van der Waals surface area contributed by atoms with E-state index in [9.17, 15) is 39.0 Å². The van der Waals surface area contributed by atoms with Gasteiger partial charge < -0.3 is 10.2 Å². The van der Waals surface area contributed by atoms with E-state index in [2.05, 4.69) is 0 Å². The molecule has 0 bridgehead atoms. The molecule has 36 heavy (non-hydrogen) atoms. The highest BCUT2D eigenvalue weighted by molar-refractivity contribution is 8.78. The molecular weight excluding hydrogens is 508 g/mol. The van der Waals surface area contributed by atoms with Gasteiger partial charge in [0.05, 0.1) is 0 Å². The average Bonchev–Trinajstić information content (AvgIpc) is 3.35. The number of imide groups is 2. The molecule has 0 spiro atoms. The van der Waals surface area contributed by atoms with Crippen molar-refractivity contribution in [3.63, 3.8) is 0 Å². The van der Waals surface area contributed by atoms with Crippen LogP contribution >= 0.6 is 21.6 Å². The number of unbranched alkanes of at least 4 members (excludes halogenated alkanes) is 6. The molecule has 0 aromatic heterocycles. The number of amides is 4. The zero-order valence-corrected chi connectivity index (χ0v) is 22.6. The fourth-order valence-corrected chi connectivity index (χ4v) is 8.17. The third-order valence-electron chi connectivity index (χ3n) is 6.55. The second-order valence-electron chi connectivity index (χ2n) is 9.21. The van der Waals surface area contributed by atoms with Crippen molar-refractivity contribution >= 4 is 57.2 Å². The Kier molecular flexibility index (Phi) is 11.3. The molecule has 2 fully saturated rings. The van der Waals surface area contributed by atoms with Crippen LogP contribution in [0.3, 0.4) is 0 Å². The summed E-state index contributed by atoms with van der Waals surface area (Å²) in [6, 6.07) is 0. The molecule has 0 saturated carbocycles. The molecule has 2 heterocycles. The molecule has 0 aromatic carbocycles. The van der Waals surface area contributed by atoms with Gasteiger partial charge in [0.15, 0.2) is 0 Å². The maximum absolute atomic E-state index is 12.7. The standard InChI is InChI=1S/C24H36N2O8S2/c1-3-5-7-9-15-23(21(31)32,25-17(27)11-12-18(25)28)35-36-24(22(33)34,16-10-8-6-4-2)26-19(29)13-14-20(26)30/h3-16H2,1-2H3,(H,31,32)(H,33,34). The number of carboxylic acid groups (broad SMARTS) is 2. The zero-order valence-electron chi connectivity index (χ0n) is 21.0. The van der Waals surface area contributed by atoms with Crippen molar-refractivity contribution in [2.45, 2.75) is 113 Å². The van der Waals surface area contributed by atoms with Crippen molar-refractivity contribution in [2.75, 3.05) is 0 Å². The fourth-order valence-electron chi connectivity index (χ4n) is 4.54. The second kappa shape index (κ2) is 13.5. The molecule has 12 heteroatoms. The number of carbonyl (C=O) groups excluding carboxylic acids is 4. The van der Waals surface area contributed by atoms with Gasteiger partial charge >= 0.3 is 11.9 Å². The van der Waals surface area contributed by atoms with Gasteiger partial charge in [0, 0.05) is 25.7 Å². The highest BCUT2D eigenvalue weighted by Crippen LogP contribution is 2.53. The fraction of sp³-hybridized carbons (Fsp3) is 0.750. The highest BCUT2D eigenvalue weighted by Gasteiger charge is 2.58. The monoisotopic (exact) mass is 544 g/mol. The lowest BCUT2D eigenvalue weighted by Crippen LogP contribution is -2.57. The molecule has 202 valence electrons. The molecule has 2 N–H and O–H groups in total. The van der Waals surface area contributed by atoms with Gasteiger partial charge in [-0.2, -0.15) is 0 Å². The van der Waals surface area contributed by atoms with Crippen molar-refractivity contribution in [3.05, 3.63) is 0 Å². The van der Waals surface area contributed by atoms with Gasteiger partial charge in [0.25, 0.3) is 0 Å². The second-order valence-corrected chi connectivity index (χ2v) is 11.9. The zero-order chi connectivity index (χ0) is 26.9. The molecule has 4 amide bonds. The first-order chi connectivity index (χ1) is 17.1. The van der Waals surface area contributed by atoms with Gasteiger partial charge in [-0.1, -0.05) is 52.4 Å². The largest absolute Gasteiger partial charge is 0.479 e. The molecule has 0 aromatic rings. The van der Waals surface area contributed by atoms with E-state index in [1.165, 1.54) is 0 Å². The summed E-state index contributed by atoms with van der Waals surface area (Å²) in [5.41, 5.74) is 0. The van der Waals surface area contributed by atoms with Crippen LogP contribution in [0.5, 0.6) is 0 Å². The molecular formula is C24H36N2O8S2. The molecule has 2 atom stereocenters. The van der Waals surface area contributed by atoms with Crippen LogP contribution in [0.1, 0.15) is 104 Å². The van der Waals surface area contributed by atoms with E-state index in [-0.39, 0.29) is 38.5 Å². The first-order valence-electron chi connectivity index (χ1n) is 12.6. The molecule has 0 aliphatic carbocycles. The van der Waals surface area contributed by atoms with Gasteiger partial charge in [0.1, 0.15) is 0 Å². The number of carbonyl (C=O) groups is 6. The van der Waals surface area contributed by atoms with Crippen LogP contribution in [-0.4, -0.2) is 65.3 Å². The minimum Gasteiger partial charge on any atom is -0.479 e. The quantitative estimate of drug-likeness (QED) is 0.155. The van der Waals surface area contributed by atoms with Crippen LogP contribution in [0, 0.1) is 0 Å². The predicted molar refractivity (Wildman–Crippen MR) is 136 cm³/mol. The molecule has 10 nitrogen and oxygen atoms in total. The molecule has 2 saturated heterocycles. The summed E-state index contributed by atoms with van der Waals surface area (Å²) in [5, 5.41) is 20.7. The summed E-state index contributed by atoms with van der Waals surface area (Å²) in [6.07, 6.45) is 5.04.